The molecule has 0 aliphatic rings. The van der Waals surface area contributed by atoms with Gasteiger partial charge in [-0.25, -0.2) is 0 Å². The number of aryl methyl sites for hydroxylation is 1. The highest BCUT2D eigenvalue weighted by atomic mass is 127. The first-order valence-corrected chi connectivity index (χ1v) is 6.15. The van der Waals surface area contributed by atoms with Gasteiger partial charge in [0.05, 0.1) is 15.8 Å². The Labute approximate surface area is 112 Å². The second-order valence-corrected chi connectivity index (χ2v) is 4.85. The maximum atomic E-state index is 10.9. The topological polar surface area (TPSA) is 74.1 Å². The van der Waals surface area contributed by atoms with Crippen molar-refractivity contribution in [1.82, 2.24) is 9.78 Å². The molecule has 0 spiro atoms. The molecule has 0 bridgehead atoms. The van der Waals surface area contributed by atoms with Gasteiger partial charge in [-0.3, -0.25) is 9.48 Å². The van der Waals surface area contributed by atoms with Gasteiger partial charge in [0.2, 0.25) is 0 Å². The molecular weight excluding hydrogens is 333 g/mol. The Bertz CT molecular complexity index is 571. The Morgan fingerprint density at radius 2 is 2.24 bits per heavy atom. The summed E-state index contributed by atoms with van der Waals surface area (Å²) in [5, 5.41) is 4.39. The number of furan rings is 1. The molecule has 0 aliphatic carbocycles. The molecule has 0 unspecified atom stereocenters. The van der Waals surface area contributed by atoms with Crippen molar-refractivity contribution in [2.45, 2.75) is 20.4 Å². The molecule has 17 heavy (non-hydrogen) atoms. The van der Waals surface area contributed by atoms with E-state index in [9.17, 15) is 4.79 Å². The molecule has 0 saturated carbocycles. The zero-order chi connectivity index (χ0) is 12.6. The Hall–Kier alpha value is -1.31. The van der Waals surface area contributed by atoms with Crippen molar-refractivity contribution in [2.24, 2.45) is 5.73 Å². The number of nitrogens with two attached hydrogens (primary N) is 1. The fraction of sp³-hybridized carbons (Fsp3) is 0.273. The number of hydrogen-bond donors (Lipinski definition) is 1. The number of halogens is 1. The van der Waals surface area contributed by atoms with Gasteiger partial charge >= 0.3 is 0 Å². The molecule has 0 saturated heterocycles. The van der Waals surface area contributed by atoms with Gasteiger partial charge in [-0.2, -0.15) is 5.10 Å². The molecule has 2 rings (SSSR count). The molecule has 0 atom stereocenters. The van der Waals surface area contributed by atoms with E-state index in [1.807, 2.05) is 18.5 Å². The maximum Gasteiger partial charge on any atom is 0.284 e. The van der Waals surface area contributed by atoms with E-state index in [1.54, 1.807) is 12.1 Å². The molecule has 0 radical (unpaired) electrons. The molecule has 0 aromatic carbocycles. The van der Waals surface area contributed by atoms with Crippen LogP contribution in [0.1, 0.15) is 27.7 Å². The van der Waals surface area contributed by atoms with Crippen LogP contribution in [-0.4, -0.2) is 15.7 Å². The van der Waals surface area contributed by atoms with E-state index < -0.39 is 5.91 Å². The van der Waals surface area contributed by atoms with E-state index in [2.05, 4.69) is 27.7 Å². The highest BCUT2D eigenvalue weighted by Crippen LogP contribution is 2.17. The molecule has 2 N–H and O–H groups in total. The van der Waals surface area contributed by atoms with Crippen LogP contribution in [0.2, 0.25) is 0 Å². The van der Waals surface area contributed by atoms with Crippen LogP contribution in [0.25, 0.3) is 0 Å². The van der Waals surface area contributed by atoms with Gasteiger partial charge in [-0.1, -0.05) is 0 Å². The smallest absolute Gasteiger partial charge is 0.284 e. The van der Waals surface area contributed by atoms with Gasteiger partial charge in [0, 0.05) is 5.69 Å². The van der Waals surface area contributed by atoms with E-state index in [4.69, 9.17) is 10.2 Å². The molecular formula is C11H12IN3O2. The Morgan fingerprint density at radius 1 is 1.53 bits per heavy atom. The zero-order valence-electron chi connectivity index (χ0n) is 9.53. The molecule has 0 fully saturated rings. The van der Waals surface area contributed by atoms with Crippen LogP contribution in [0.3, 0.4) is 0 Å². The average Bonchev–Trinajstić information content (AvgIpc) is 2.82. The van der Waals surface area contributed by atoms with E-state index in [-0.39, 0.29) is 5.76 Å². The van der Waals surface area contributed by atoms with Crippen molar-refractivity contribution in [3.8, 4) is 0 Å². The molecule has 5 nitrogen and oxygen atoms in total. The van der Waals surface area contributed by atoms with E-state index in [1.165, 1.54) is 0 Å². The average molecular weight is 345 g/mol. The number of hydrogen-bond acceptors (Lipinski definition) is 3. The second kappa shape index (κ2) is 4.52. The summed E-state index contributed by atoms with van der Waals surface area (Å²) in [5.41, 5.74) is 7.20. The van der Waals surface area contributed by atoms with Gasteiger partial charge in [0.25, 0.3) is 5.91 Å². The minimum absolute atomic E-state index is 0.177. The third kappa shape index (κ3) is 2.36. The van der Waals surface area contributed by atoms with Gasteiger partial charge in [0.15, 0.2) is 5.76 Å². The van der Waals surface area contributed by atoms with Crippen molar-refractivity contribution < 1.29 is 9.21 Å². The van der Waals surface area contributed by atoms with Crippen LogP contribution >= 0.6 is 22.6 Å². The standard InChI is InChI=1S/C11H12IN3O2/c1-6-10(12)7(2)15(14-6)5-8-3-4-9(17-8)11(13)16/h3-4H,5H2,1-2H3,(H2,13,16). The Kier molecular flexibility index (Phi) is 3.23. The lowest BCUT2D eigenvalue weighted by Crippen LogP contribution is -2.09. The second-order valence-electron chi connectivity index (χ2n) is 3.77. The molecule has 2 aromatic rings. The summed E-state index contributed by atoms with van der Waals surface area (Å²) in [6.07, 6.45) is 0. The van der Waals surface area contributed by atoms with Gasteiger partial charge < -0.3 is 10.2 Å². The zero-order valence-corrected chi connectivity index (χ0v) is 11.7. The van der Waals surface area contributed by atoms with Crippen molar-refractivity contribution in [1.29, 1.82) is 0 Å². The summed E-state index contributed by atoms with van der Waals surface area (Å²) < 4.78 is 8.31. The quantitative estimate of drug-likeness (QED) is 0.863. The fourth-order valence-electron chi connectivity index (χ4n) is 1.57. The van der Waals surface area contributed by atoms with Crippen molar-refractivity contribution in [3.63, 3.8) is 0 Å². The number of rotatable bonds is 3. The summed E-state index contributed by atoms with van der Waals surface area (Å²) in [6.45, 7) is 4.46. The number of amides is 1. The lowest BCUT2D eigenvalue weighted by atomic mass is 10.4. The number of aromatic nitrogens is 2. The van der Waals surface area contributed by atoms with Crippen LogP contribution in [0.4, 0.5) is 0 Å². The third-order valence-electron chi connectivity index (χ3n) is 2.50. The van der Waals surface area contributed by atoms with Crippen molar-refractivity contribution in [2.75, 3.05) is 0 Å². The summed E-state index contributed by atoms with van der Waals surface area (Å²) in [4.78, 5) is 10.9. The highest BCUT2D eigenvalue weighted by molar-refractivity contribution is 14.1. The predicted octanol–water partition coefficient (Wildman–Crippen LogP) is 1.84. The van der Waals surface area contributed by atoms with Crippen molar-refractivity contribution in [3.05, 3.63) is 38.6 Å². The molecule has 2 aromatic heterocycles. The van der Waals surface area contributed by atoms with Crippen LogP contribution in [0.15, 0.2) is 16.5 Å². The van der Waals surface area contributed by atoms with Gasteiger partial charge in [-0.15, -0.1) is 0 Å². The third-order valence-corrected chi connectivity index (χ3v) is 4.06. The van der Waals surface area contributed by atoms with Crippen LogP contribution < -0.4 is 5.73 Å². The van der Waals surface area contributed by atoms with Crippen molar-refractivity contribution >= 4 is 28.5 Å². The number of carbonyl (C=O) groups excluding carboxylic acids is 1. The van der Waals surface area contributed by atoms with Gasteiger partial charge in [-0.05, 0) is 48.6 Å². The van der Waals surface area contributed by atoms with E-state index in [0.29, 0.717) is 12.3 Å². The lowest BCUT2D eigenvalue weighted by Gasteiger charge is -2.01. The Morgan fingerprint density at radius 3 is 2.71 bits per heavy atom. The molecule has 0 aliphatic heterocycles. The van der Waals surface area contributed by atoms with E-state index in [0.717, 1.165) is 15.0 Å². The number of carbonyl (C=O) groups is 1. The Balaban J connectivity index is 2.25. The summed E-state index contributed by atoms with van der Waals surface area (Å²) in [6, 6.07) is 3.32. The van der Waals surface area contributed by atoms with Crippen LogP contribution in [0, 0.1) is 17.4 Å². The molecule has 6 heteroatoms. The first-order valence-electron chi connectivity index (χ1n) is 5.07. The fourth-order valence-corrected chi connectivity index (χ4v) is 1.96. The molecule has 90 valence electrons. The number of primary amides is 1. The summed E-state index contributed by atoms with van der Waals surface area (Å²) in [5.74, 6) is 0.288. The summed E-state index contributed by atoms with van der Waals surface area (Å²) in [7, 11) is 0. The SMILES string of the molecule is Cc1nn(Cc2ccc(C(N)=O)o2)c(C)c1I. The van der Waals surface area contributed by atoms with Crippen LogP contribution in [-0.2, 0) is 6.54 Å². The summed E-state index contributed by atoms with van der Waals surface area (Å²) >= 11 is 2.26. The highest BCUT2D eigenvalue weighted by Gasteiger charge is 2.12. The minimum atomic E-state index is -0.556. The predicted molar refractivity (Wildman–Crippen MR) is 70.7 cm³/mol. The number of nitrogens with zero attached hydrogens (tertiary/aromatic N) is 2. The normalized spacial score (nSPS) is 10.8. The lowest BCUT2D eigenvalue weighted by molar-refractivity contribution is 0.0972. The molecule has 2 heterocycles. The van der Waals surface area contributed by atoms with E-state index >= 15 is 0 Å². The largest absolute Gasteiger partial charge is 0.454 e. The minimum Gasteiger partial charge on any atom is -0.454 e. The first-order chi connectivity index (χ1) is 7.99. The monoisotopic (exact) mass is 345 g/mol. The first kappa shape index (κ1) is 12.2. The maximum absolute atomic E-state index is 10.9. The van der Waals surface area contributed by atoms with Gasteiger partial charge in [0.1, 0.15) is 5.76 Å². The molecule has 1 amide bonds. The van der Waals surface area contributed by atoms with Crippen LogP contribution in [0.5, 0.6) is 0 Å².